The van der Waals surface area contributed by atoms with E-state index in [9.17, 15) is 4.79 Å². The second kappa shape index (κ2) is 5.97. The Kier molecular flexibility index (Phi) is 4.31. The van der Waals surface area contributed by atoms with Crippen molar-refractivity contribution in [3.63, 3.8) is 0 Å². The molecule has 0 N–H and O–H groups in total. The highest BCUT2D eigenvalue weighted by Gasteiger charge is 2.31. The molecule has 0 amide bonds. The van der Waals surface area contributed by atoms with Gasteiger partial charge in [0.1, 0.15) is 0 Å². The molecule has 0 radical (unpaired) electrons. The van der Waals surface area contributed by atoms with Crippen LogP contribution in [-0.2, 0) is 9.53 Å². The largest absolute Gasteiger partial charge is 0.465 e. The highest BCUT2D eigenvalue weighted by atomic mass is 79.9. The quantitative estimate of drug-likeness (QED) is 0.809. The van der Waals surface area contributed by atoms with E-state index in [0.29, 0.717) is 12.4 Å². The van der Waals surface area contributed by atoms with Crippen LogP contribution in [-0.4, -0.2) is 22.7 Å². The summed E-state index contributed by atoms with van der Waals surface area (Å²) < 4.78 is 11.0. The third-order valence-corrected chi connectivity index (χ3v) is 3.25. The highest BCUT2D eigenvalue weighted by molar-refractivity contribution is 9.10. The van der Waals surface area contributed by atoms with Crippen molar-refractivity contribution in [2.24, 2.45) is 0 Å². The van der Waals surface area contributed by atoms with Crippen LogP contribution in [0.4, 0.5) is 0 Å². The van der Waals surface area contributed by atoms with Crippen LogP contribution in [0, 0.1) is 6.92 Å². The van der Waals surface area contributed by atoms with Gasteiger partial charge >= 0.3 is 5.97 Å². The molecule has 0 bridgehead atoms. The zero-order valence-corrected chi connectivity index (χ0v) is 12.2. The molecule has 0 aliphatic rings. The van der Waals surface area contributed by atoms with Gasteiger partial charge in [0.15, 0.2) is 11.7 Å². The average Bonchev–Trinajstić information content (AvgIpc) is 2.79. The van der Waals surface area contributed by atoms with E-state index in [-0.39, 0.29) is 5.89 Å². The van der Waals surface area contributed by atoms with Crippen molar-refractivity contribution in [3.05, 3.63) is 46.0 Å². The molecule has 0 aliphatic carbocycles. The molecule has 0 saturated heterocycles. The molecule has 5 nitrogen and oxygen atoms in total. The van der Waals surface area contributed by atoms with E-state index in [4.69, 9.17) is 9.26 Å². The van der Waals surface area contributed by atoms with E-state index in [1.807, 2.05) is 24.3 Å². The molecule has 0 fully saturated rings. The molecule has 1 atom stereocenters. The molecule has 19 heavy (non-hydrogen) atoms. The first-order valence-corrected chi connectivity index (χ1v) is 6.64. The molecule has 0 saturated carbocycles. The Hall–Kier alpha value is -1.69. The number of rotatable bonds is 4. The lowest BCUT2D eigenvalue weighted by Crippen LogP contribution is -2.18. The lowest BCUT2D eigenvalue weighted by Gasteiger charge is -2.13. The summed E-state index contributed by atoms with van der Waals surface area (Å²) in [6.07, 6.45) is 0. The fourth-order valence-corrected chi connectivity index (χ4v) is 2.24. The number of carbonyl (C=O) groups is 1. The summed E-state index contributed by atoms with van der Waals surface area (Å²) in [5.41, 5.74) is 0.740. The number of hydrogen-bond donors (Lipinski definition) is 0. The number of esters is 1. The Bertz CT molecular complexity index is 583. The fourth-order valence-electron chi connectivity index (χ4n) is 1.73. The molecule has 2 rings (SSSR count). The maximum absolute atomic E-state index is 12.1. The van der Waals surface area contributed by atoms with Gasteiger partial charge in [-0.05, 0) is 25.5 Å². The van der Waals surface area contributed by atoms with Gasteiger partial charge in [-0.3, -0.25) is 4.79 Å². The number of halogens is 1. The van der Waals surface area contributed by atoms with Gasteiger partial charge in [-0.2, -0.15) is 4.98 Å². The van der Waals surface area contributed by atoms with Crippen molar-refractivity contribution in [2.45, 2.75) is 19.8 Å². The number of hydrogen-bond acceptors (Lipinski definition) is 5. The fraction of sp³-hybridized carbons (Fsp3) is 0.308. The summed E-state index contributed by atoms with van der Waals surface area (Å²) in [5.74, 6) is -0.394. The van der Waals surface area contributed by atoms with E-state index in [1.54, 1.807) is 13.8 Å². The van der Waals surface area contributed by atoms with Crippen LogP contribution >= 0.6 is 15.9 Å². The van der Waals surface area contributed by atoms with Crippen molar-refractivity contribution < 1.29 is 14.1 Å². The smallest absolute Gasteiger partial charge is 0.323 e. The number of ether oxygens (including phenoxy) is 1. The van der Waals surface area contributed by atoms with Gasteiger partial charge in [0.05, 0.1) is 6.61 Å². The van der Waals surface area contributed by atoms with Crippen molar-refractivity contribution in [1.82, 2.24) is 10.1 Å². The van der Waals surface area contributed by atoms with Crippen LogP contribution in [0.2, 0.25) is 0 Å². The van der Waals surface area contributed by atoms with Crippen molar-refractivity contribution in [2.75, 3.05) is 6.61 Å². The molecule has 1 unspecified atom stereocenters. The average molecular weight is 325 g/mol. The summed E-state index contributed by atoms with van der Waals surface area (Å²) in [6.45, 7) is 3.76. The molecule has 0 aliphatic heterocycles. The van der Waals surface area contributed by atoms with Crippen molar-refractivity contribution >= 4 is 21.9 Å². The summed E-state index contributed by atoms with van der Waals surface area (Å²) >= 11 is 3.42. The molecule has 1 aromatic heterocycles. The minimum atomic E-state index is -0.711. The van der Waals surface area contributed by atoms with Gasteiger partial charge < -0.3 is 9.26 Å². The number of carbonyl (C=O) groups excluding carboxylic acids is 1. The summed E-state index contributed by atoms with van der Waals surface area (Å²) in [6, 6.07) is 7.39. The monoisotopic (exact) mass is 324 g/mol. The van der Waals surface area contributed by atoms with Crippen molar-refractivity contribution in [1.29, 1.82) is 0 Å². The van der Waals surface area contributed by atoms with E-state index in [1.165, 1.54) is 0 Å². The normalized spacial score (nSPS) is 12.2. The minimum Gasteiger partial charge on any atom is -0.465 e. The molecular formula is C13H13BrN2O3. The van der Waals surface area contributed by atoms with Gasteiger partial charge in [0.2, 0.25) is 5.89 Å². The molecule has 1 heterocycles. The molecule has 100 valence electrons. The third kappa shape index (κ3) is 3.01. The Morgan fingerprint density at radius 1 is 1.47 bits per heavy atom. The Balaban J connectivity index is 2.46. The van der Waals surface area contributed by atoms with Gasteiger partial charge in [-0.25, -0.2) is 0 Å². The van der Waals surface area contributed by atoms with E-state index in [2.05, 4.69) is 26.1 Å². The zero-order chi connectivity index (χ0) is 13.8. The number of aromatic nitrogens is 2. The number of benzene rings is 1. The van der Waals surface area contributed by atoms with Crippen LogP contribution in [0.5, 0.6) is 0 Å². The van der Waals surface area contributed by atoms with E-state index >= 15 is 0 Å². The van der Waals surface area contributed by atoms with Crippen molar-refractivity contribution in [3.8, 4) is 0 Å². The third-order valence-electron chi connectivity index (χ3n) is 2.53. The first-order valence-electron chi connectivity index (χ1n) is 5.84. The zero-order valence-electron chi connectivity index (χ0n) is 10.6. The van der Waals surface area contributed by atoms with Gasteiger partial charge in [-0.15, -0.1) is 0 Å². The SMILES string of the molecule is CCOC(=O)C(c1nc(C)no1)c1ccccc1Br. The highest BCUT2D eigenvalue weighted by Crippen LogP contribution is 2.30. The standard InChI is InChI=1S/C13H13BrN2O3/c1-3-18-13(17)11(12-15-8(2)16-19-12)9-6-4-5-7-10(9)14/h4-7,11H,3H2,1-2H3. The Morgan fingerprint density at radius 2 is 2.21 bits per heavy atom. The maximum atomic E-state index is 12.1. The van der Waals surface area contributed by atoms with Crippen LogP contribution in [0.1, 0.15) is 30.1 Å². The summed E-state index contributed by atoms with van der Waals surface area (Å²) in [4.78, 5) is 16.3. The van der Waals surface area contributed by atoms with E-state index < -0.39 is 11.9 Å². The molecule has 0 spiro atoms. The van der Waals surface area contributed by atoms with Crippen LogP contribution < -0.4 is 0 Å². The van der Waals surface area contributed by atoms with Gasteiger partial charge in [0, 0.05) is 4.47 Å². The van der Waals surface area contributed by atoms with E-state index in [0.717, 1.165) is 10.0 Å². The summed E-state index contributed by atoms with van der Waals surface area (Å²) in [7, 11) is 0. The molecule has 1 aromatic carbocycles. The minimum absolute atomic E-state index is 0.239. The first kappa shape index (κ1) is 13.7. The lowest BCUT2D eigenvalue weighted by molar-refractivity contribution is -0.144. The predicted molar refractivity (Wildman–Crippen MR) is 71.7 cm³/mol. The second-order valence-electron chi connectivity index (χ2n) is 3.89. The van der Waals surface area contributed by atoms with Gasteiger partial charge in [0.25, 0.3) is 0 Å². The number of nitrogens with zero attached hydrogens (tertiary/aromatic N) is 2. The van der Waals surface area contributed by atoms with Crippen LogP contribution in [0.25, 0.3) is 0 Å². The topological polar surface area (TPSA) is 65.2 Å². The Labute approximate surface area is 119 Å². The summed E-state index contributed by atoms with van der Waals surface area (Å²) in [5, 5.41) is 3.73. The maximum Gasteiger partial charge on any atom is 0.323 e. The lowest BCUT2D eigenvalue weighted by atomic mass is 9.99. The Morgan fingerprint density at radius 3 is 2.79 bits per heavy atom. The van der Waals surface area contributed by atoms with Crippen LogP contribution in [0.3, 0.4) is 0 Å². The molecular weight excluding hydrogens is 312 g/mol. The van der Waals surface area contributed by atoms with Crippen LogP contribution in [0.15, 0.2) is 33.3 Å². The first-order chi connectivity index (χ1) is 9.13. The second-order valence-corrected chi connectivity index (χ2v) is 4.74. The predicted octanol–water partition coefficient (Wildman–Crippen LogP) is 2.84. The molecule has 2 aromatic rings. The van der Waals surface area contributed by atoms with Gasteiger partial charge in [-0.1, -0.05) is 39.3 Å². The molecule has 6 heteroatoms. The number of aryl methyl sites for hydroxylation is 1.